The van der Waals surface area contributed by atoms with Gasteiger partial charge in [0.15, 0.2) is 5.76 Å². The van der Waals surface area contributed by atoms with Crippen LogP contribution in [0, 0.1) is 0 Å². The molecule has 0 spiro atoms. The molecule has 1 aromatic carbocycles. The van der Waals surface area contributed by atoms with Crippen molar-refractivity contribution in [2.24, 2.45) is 0 Å². The summed E-state index contributed by atoms with van der Waals surface area (Å²) in [7, 11) is 0. The summed E-state index contributed by atoms with van der Waals surface area (Å²) in [5, 5.41) is 4.87. The number of benzene rings is 1. The number of likely N-dealkylation sites (tertiary alicyclic amines) is 1. The predicted octanol–water partition coefficient (Wildman–Crippen LogP) is 4.39. The number of hydrogen-bond acceptors (Lipinski definition) is 5. The molecule has 4 aromatic rings. The molecule has 0 unspecified atom stereocenters. The molecule has 134 valence electrons. The van der Waals surface area contributed by atoms with Crippen molar-refractivity contribution in [1.29, 1.82) is 0 Å². The lowest BCUT2D eigenvalue weighted by Gasteiger charge is -2.16. The van der Waals surface area contributed by atoms with E-state index in [0.29, 0.717) is 33.8 Å². The van der Waals surface area contributed by atoms with Gasteiger partial charge in [-0.05, 0) is 31.0 Å². The quantitative estimate of drug-likeness (QED) is 0.542. The van der Waals surface area contributed by atoms with Gasteiger partial charge in [-0.15, -0.1) is 0 Å². The fraction of sp³-hybridized carbons (Fsp3) is 0.190. The first-order chi connectivity index (χ1) is 13.3. The second-order valence-corrected chi connectivity index (χ2v) is 6.61. The summed E-state index contributed by atoms with van der Waals surface area (Å²) in [6.45, 7) is 1.54. The lowest BCUT2D eigenvalue weighted by atomic mass is 10.0. The minimum absolute atomic E-state index is 0.0203. The standard InChI is InChI=1S/C21H17N3O3/c25-21(24-10-4-5-11-24)15-13-16(17-9-6-12-26-17)22-20-18(15)19(23-27-20)14-7-2-1-3-8-14/h1-3,6-9,12-13H,4-5,10-11H2. The third-order valence-corrected chi connectivity index (χ3v) is 4.89. The van der Waals surface area contributed by atoms with E-state index in [1.165, 1.54) is 0 Å². The smallest absolute Gasteiger partial charge is 0.259 e. The Kier molecular flexibility index (Phi) is 3.74. The molecule has 0 N–H and O–H groups in total. The van der Waals surface area contributed by atoms with Crippen molar-refractivity contribution in [2.45, 2.75) is 12.8 Å². The highest BCUT2D eigenvalue weighted by Crippen LogP contribution is 2.33. The zero-order valence-electron chi connectivity index (χ0n) is 14.6. The largest absolute Gasteiger partial charge is 0.463 e. The van der Waals surface area contributed by atoms with Gasteiger partial charge in [-0.2, -0.15) is 0 Å². The van der Waals surface area contributed by atoms with Crippen LogP contribution in [0.3, 0.4) is 0 Å². The molecule has 5 rings (SSSR count). The van der Waals surface area contributed by atoms with E-state index in [4.69, 9.17) is 8.94 Å². The molecule has 1 aliphatic rings. The van der Waals surface area contributed by atoms with Gasteiger partial charge in [0.05, 0.1) is 17.2 Å². The molecular formula is C21H17N3O3. The van der Waals surface area contributed by atoms with Gasteiger partial charge in [0.1, 0.15) is 11.4 Å². The van der Waals surface area contributed by atoms with Crippen molar-refractivity contribution in [2.75, 3.05) is 13.1 Å². The highest BCUT2D eigenvalue weighted by molar-refractivity contribution is 6.10. The fourth-order valence-corrected chi connectivity index (χ4v) is 3.55. The topological polar surface area (TPSA) is 72.4 Å². The van der Waals surface area contributed by atoms with Crippen LogP contribution in [0.4, 0.5) is 0 Å². The van der Waals surface area contributed by atoms with Gasteiger partial charge in [0.25, 0.3) is 11.6 Å². The Labute approximate surface area is 155 Å². The van der Waals surface area contributed by atoms with Crippen LogP contribution in [0.2, 0.25) is 0 Å². The Bertz CT molecular complexity index is 1090. The predicted molar refractivity (Wildman–Crippen MR) is 100 cm³/mol. The normalized spacial score (nSPS) is 14.1. The lowest BCUT2D eigenvalue weighted by Crippen LogP contribution is -2.27. The number of amides is 1. The molecule has 27 heavy (non-hydrogen) atoms. The number of carbonyl (C=O) groups is 1. The van der Waals surface area contributed by atoms with E-state index in [1.54, 1.807) is 18.4 Å². The van der Waals surface area contributed by atoms with Crippen molar-refractivity contribution in [3.63, 3.8) is 0 Å². The van der Waals surface area contributed by atoms with Crippen molar-refractivity contribution < 1.29 is 13.7 Å². The van der Waals surface area contributed by atoms with Crippen molar-refractivity contribution in [3.05, 3.63) is 60.4 Å². The van der Waals surface area contributed by atoms with Crippen LogP contribution < -0.4 is 0 Å². The molecule has 0 radical (unpaired) electrons. The summed E-state index contributed by atoms with van der Waals surface area (Å²) in [6, 6.07) is 15.1. The van der Waals surface area contributed by atoms with Crippen molar-refractivity contribution in [1.82, 2.24) is 15.0 Å². The Balaban J connectivity index is 1.74. The maximum absolute atomic E-state index is 13.3. The molecule has 4 heterocycles. The zero-order chi connectivity index (χ0) is 18.2. The van der Waals surface area contributed by atoms with Gasteiger partial charge in [0.2, 0.25) is 0 Å². The highest BCUT2D eigenvalue weighted by Gasteiger charge is 2.27. The van der Waals surface area contributed by atoms with E-state index >= 15 is 0 Å². The van der Waals surface area contributed by atoms with E-state index in [9.17, 15) is 4.79 Å². The Morgan fingerprint density at radius 2 is 1.85 bits per heavy atom. The van der Waals surface area contributed by atoms with Crippen molar-refractivity contribution >= 4 is 17.0 Å². The molecule has 6 nitrogen and oxygen atoms in total. The summed E-state index contributed by atoms with van der Waals surface area (Å²) in [4.78, 5) is 19.7. The van der Waals surface area contributed by atoms with Crippen LogP contribution >= 0.6 is 0 Å². The first-order valence-electron chi connectivity index (χ1n) is 9.00. The SMILES string of the molecule is O=C(c1cc(-c2ccco2)nc2onc(-c3ccccc3)c12)N1CCCC1. The highest BCUT2D eigenvalue weighted by atomic mass is 16.5. The van der Waals surface area contributed by atoms with Gasteiger partial charge in [-0.3, -0.25) is 4.79 Å². The van der Waals surface area contributed by atoms with Crippen LogP contribution in [-0.2, 0) is 0 Å². The first-order valence-corrected chi connectivity index (χ1v) is 9.00. The van der Waals surface area contributed by atoms with Gasteiger partial charge >= 0.3 is 0 Å². The molecule has 3 aromatic heterocycles. The van der Waals surface area contributed by atoms with Crippen LogP contribution in [0.5, 0.6) is 0 Å². The molecule has 1 fully saturated rings. The van der Waals surface area contributed by atoms with E-state index < -0.39 is 0 Å². The number of aromatic nitrogens is 2. The summed E-state index contributed by atoms with van der Waals surface area (Å²) < 4.78 is 11.0. The molecule has 0 aliphatic carbocycles. The van der Waals surface area contributed by atoms with Gasteiger partial charge in [-0.25, -0.2) is 4.98 Å². The summed E-state index contributed by atoms with van der Waals surface area (Å²) in [5.41, 5.74) is 2.97. The minimum Gasteiger partial charge on any atom is -0.463 e. The number of furan rings is 1. The maximum atomic E-state index is 13.3. The number of pyridine rings is 1. The Morgan fingerprint density at radius 1 is 1.04 bits per heavy atom. The molecule has 0 saturated carbocycles. The van der Waals surface area contributed by atoms with E-state index in [0.717, 1.165) is 31.5 Å². The molecule has 1 saturated heterocycles. The third-order valence-electron chi connectivity index (χ3n) is 4.89. The maximum Gasteiger partial charge on any atom is 0.259 e. The van der Waals surface area contributed by atoms with E-state index in [2.05, 4.69) is 10.1 Å². The van der Waals surface area contributed by atoms with Crippen LogP contribution in [0.1, 0.15) is 23.2 Å². The molecule has 1 amide bonds. The molecular weight excluding hydrogens is 342 g/mol. The fourth-order valence-electron chi connectivity index (χ4n) is 3.55. The monoisotopic (exact) mass is 359 g/mol. The van der Waals surface area contributed by atoms with Crippen LogP contribution in [0.25, 0.3) is 33.8 Å². The molecule has 1 aliphatic heterocycles. The van der Waals surface area contributed by atoms with Gasteiger partial charge in [-0.1, -0.05) is 35.5 Å². The van der Waals surface area contributed by atoms with Gasteiger partial charge in [0, 0.05) is 18.7 Å². The van der Waals surface area contributed by atoms with Gasteiger partial charge < -0.3 is 13.8 Å². The first kappa shape index (κ1) is 15.8. The molecule has 0 bridgehead atoms. The summed E-state index contributed by atoms with van der Waals surface area (Å²) in [6.07, 6.45) is 3.64. The van der Waals surface area contributed by atoms with Crippen LogP contribution in [-0.4, -0.2) is 34.0 Å². The average Bonchev–Trinajstić information content (AvgIpc) is 3.48. The molecule has 6 heteroatoms. The minimum atomic E-state index is -0.0203. The van der Waals surface area contributed by atoms with Crippen molar-refractivity contribution in [3.8, 4) is 22.7 Å². The number of carbonyl (C=O) groups excluding carboxylic acids is 1. The third kappa shape index (κ3) is 2.70. The Morgan fingerprint density at radius 3 is 2.59 bits per heavy atom. The summed E-state index contributed by atoms with van der Waals surface area (Å²) >= 11 is 0. The van der Waals surface area contributed by atoms with E-state index in [-0.39, 0.29) is 5.91 Å². The second kappa shape index (κ2) is 6.39. The molecule has 0 atom stereocenters. The average molecular weight is 359 g/mol. The Hall–Kier alpha value is -3.41. The number of fused-ring (bicyclic) bond motifs is 1. The van der Waals surface area contributed by atoms with E-state index in [1.807, 2.05) is 41.3 Å². The lowest BCUT2D eigenvalue weighted by molar-refractivity contribution is 0.0794. The number of rotatable bonds is 3. The second-order valence-electron chi connectivity index (χ2n) is 6.61. The number of hydrogen-bond donors (Lipinski definition) is 0. The number of nitrogens with zero attached hydrogens (tertiary/aromatic N) is 3. The zero-order valence-corrected chi connectivity index (χ0v) is 14.6. The summed E-state index contributed by atoms with van der Waals surface area (Å²) in [5.74, 6) is 0.568. The van der Waals surface area contributed by atoms with Crippen LogP contribution in [0.15, 0.2) is 63.7 Å².